The molecule has 0 fully saturated rings. The van der Waals surface area contributed by atoms with E-state index >= 15 is 0 Å². The first-order chi connectivity index (χ1) is 6.95. The first-order valence-electron chi connectivity index (χ1n) is 3.87. The number of hydrogen-bond acceptors (Lipinski definition) is 5. The molecule has 15 heavy (non-hydrogen) atoms. The molecular weight excluding hydrogens is 202 g/mol. The van der Waals surface area contributed by atoms with Gasteiger partial charge in [-0.05, 0) is 6.08 Å². The molecule has 0 saturated carbocycles. The van der Waals surface area contributed by atoms with Gasteiger partial charge in [0, 0.05) is 6.92 Å². The van der Waals surface area contributed by atoms with Crippen molar-refractivity contribution < 1.29 is 24.5 Å². The second-order valence-corrected chi connectivity index (χ2v) is 1.83. The lowest BCUT2D eigenvalue weighted by atomic mass is 10.6. The summed E-state index contributed by atoms with van der Waals surface area (Å²) in [6.07, 6.45) is 2.16. The van der Waals surface area contributed by atoms with Gasteiger partial charge in [-0.15, -0.1) is 0 Å². The van der Waals surface area contributed by atoms with Gasteiger partial charge in [-0.2, -0.15) is 0 Å². The fourth-order valence-electron chi connectivity index (χ4n) is 0.117. The highest BCUT2D eigenvalue weighted by Gasteiger charge is 1.79. The number of rotatable bonds is 3. The van der Waals surface area contributed by atoms with Crippen molar-refractivity contribution in [3.8, 4) is 0 Å². The average molecular weight is 219 g/mol. The standard InChI is InChI=1S/C4H6O2.C3H5NO.C2H6O2/c1-3-6-4(2)5;1-2-3(4)5;3-1-2-4/h3H,1H2,2H3;2H,1H2,(H2,4,5);3-4H,1-2H2. The molecule has 0 aromatic rings. The summed E-state index contributed by atoms with van der Waals surface area (Å²) in [4.78, 5) is 19.2. The van der Waals surface area contributed by atoms with Gasteiger partial charge < -0.3 is 20.7 Å². The van der Waals surface area contributed by atoms with Gasteiger partial charge in [0.1, 0.15) is 0 Å². The highest BCUT2D eigenvalue weighted by molar-refractivity contribution is 5.84. The molecular formula is C9H17NO5. The number of aliphatic hydroxyl groups is 2. The molecule has 0 atom stereocenters. The third kappa shape index (κ3) is 70.0. The van der Waals surface area contributed by atoms with Crippen LogP contribution in [0.4, 0.5) is 0 Å². The molecule has 0 aliphatic carbocycles. The summed E-state index contributed by atoms with van der Waals surface area (Å²) in [5.74, 6) is -0.810. The molecule has 0 unspecified atom stereocenters. The predicted molar refractivity (Wildman–Crippen MR) is 55.5 cm³/mol. The van der Waals surface area contributed by atoms with Crippen LogP contribution in [0, 0.1) is 0 Å². The van der Waals surface area contributed by atoms with Crippen molar-refractivity contribution in [2.45, 2.75) is 6.92 Å². The van der Waals surface area contributed by atoms with Crippen LogP contribution >= 0.6 is 0 Å². The van der Waals surface area contributed by atoms with Crippen LogP contribution in [0.25, 0.3) is 0 Å². The summed E-state index contributed by atoms with van der Waals surface area (Å²) in [5.41, 5.74) is 4.53. The molecule has 88 valence electrons. The van der Waals surface area contributed by atoms with Gasteiger partial charge in [0.05, 0.1) is 19.5 Å². The molecule has 0 bridgehead atoms. The van der Waals surface area contributed by atoms with Crippen molar-refractivity contribution in [3.05, 3.63) is 25.5 Å². The highest BCUT2D eigenvalue weighted by Crippen LogP contribution is 1.70. The van der Waals surface area contributed by atoms with Gasteiger partial charge in [-0.25, -0.2) is 0 Å². The van der Waals surface area contributed by atoms with Crippen molar-refractivity contribution in [2.24, 2.45) is 5.73 Å². The number of nitrogens with two attached hydrogens (primary N) is 1. The van der Waals surface area contributed by atoms with E-state index in [4.69, 9.17) is 10.2 Å². The second kappa shape index (κ2) is 18.2. The number of hydrogen-bond donors (Lipinski definition) is 3. The molecule has 0 aliphatic rings. The Morgan fingerprint density at radius 2 is 1.67 bits per heavy atom. The zero-order valence-electron chi connectivity index (χ0n) is 8.68. The molecule has 0 aromatic heterocycles. The van der Waals surface area contributed by atoms with Gasteiger partial charge >= 0.3 is 5.97 Å². The van der Waals surface area contributed by atoms with Crippen LogP contribution in [0.3, 0.4) is 0 Å². The fourth-order valence-corrected chi connectivity index (χ4v) is 0.117. The molecule has 0 rings (SSSR count). The summed E-state index contributed by atoms with van der Waals surface area (Å²) >= 11 is 0. The molecule has 1 amide bonds. The van der Waals surface area contributed by atoms with Crippen LogP contribution in [-0.2, 0) is 14.3 Å². The van der Waals surface area contributed by atoms with Gasteiger partial charge in [0.25, 0.3) is 0 Å². The van der Waals surface area contributed by atoms with E-state index in [9.17, 15) is 9.59 Å². The first-order valence-corrected chi connectivity index (χ1v) is 3.87. The number of ether oxygens (including phenoxy) is 1. The molecule has 6 nitrogen and oxygen atoms in total. The monoisotopic (exact) mass is 219 g/mol. The Balaban J connectivity index is -0.000000147. The molecule has 4 N–H and O–H groups in total. The Kier molecular flexibility index (Phi) is 23.0. The number of aliphatic hydroxyl groups excluding tert-OH is 2. The van der Waals surface area contributed by atoms with E-state index in [1.807, 2.05) is 0 Å². The van der Waals surface area contributed by atoms with Crippen LogP contribution in [0.2, 0.25) is 0 Å². The largest absolute Gasteiger partial charge is 0.435 e. The van der Waals surface area contributed by atoms with E-state index < -0.39 is 5.91 Å². The van der Waals surface area contributed by atoms with Crippen LogP contribution < -0.4 is 5.73 Å². The van der Waals surface area contributed by atoms with Crippen LogP contribution in [0.15, 0.2) is 25.5 Å². The molecule has 6 heteroatoms. The van der Waals surface area contributed by atoms with E-state index in [-0.39, 0.29) is 19.2 Å². The minimum absolute atomic E-state index is 0.125. The lowest BCUT2D eigenvalue weighted by Crippen LogP contribution is -2.04. The van der Waals surface area contributed by atoms with Crippen molar-refractivity contribution in [2.75, 3.05) is 13.2 Å². The number of amides is 1. The highest BCUT2D eigenvalue weighted by atomic mass is 16.5. The van der Waals surface area contributed by atoms with E-state index in [2.05, 4.69) is 23.6 Å². The van der Waals surface area contributed by atoms with E-state index in [1.165, 1.54) is 6.92 Å². The third-order valence-corrected chi connectivity index (χ3v) is 0.550. The van der Waals surface area contributed by atoms with Crippen molar-refractivity contribution in [1.29, 1.82) is 0 Å². The Morgan fingerprint density at radius 1 is 1.33 bits per heavy atom. The van der Waals surface area contributed by atoms with Gasteiger partial charge in [-0.3, -0.25) is 9.59 Å². The summed E-state index contributed by atoms with van der Waals surface area (Å²) < 4.78 is 4.17. The van der Waals surface area contributed by atoms with Gasteiger partial charge in [-0.1, -0.05) is 13.2 Å². The SMILES string of the molecule is C=CC(N)=O.C=COC(C)=O.OCCO. The normalized spacial score (nSPS) is 6.87. The van der Waals surface area contributed by atoms with E-state index in [0.29, 0.717) is 0 Å². The lowest BCUT2D eigenvalue weighted by Gasteiger charge is -1.83. The van der Waals surface area contributed by atoms with Crippen LogP contribution in [0.1, 0.15) is 6.92 Å². The maximum Gasteiger partial charge on any atom is 0.307 e. The zero-order chi connectivity index (χ0) is 12.7. The maximum atomic E-state index is 9.75. The zero-order valence-corrected chi connectivity index (χ0v) is 8.68. The summed E-state index contributed by atoms with van der Waals surface area (Å²) in [5, 5.41) is 15.2. The minimum Gasteiger partial charge on any atom is -0.435 e. The van der Waals surface area contributed by atoms with Crippen LogP contribution in [-0.4, -0.2) is 35.3 Å². The summed E-state index contributed by atoms with van der Waals surface area (Å²) in [6, 6.07) is 0. The molecule has 0 heterocycles. The van der Waals surface area contributed by atoms with E-state index in [1.54, 1.807) is 0 Å². The lowest BCUT2D eigenvalue weighted by molar-refractivity contribution is -0.135. The van der Waals surface area contributed by atoms with E-state index in [0.717, 1.165) is 12.3 Å². The van der Waals surface area contributed by atoms with Crippen molar-refractivity contribution in [3.63, 3.8) is 0 Å². The molecule has 0 saturated heterocycles. The smallest absolute Gasteiger partial charge is 0.307 e. The third-order valence-electron chi connectivity index (χ3n) is 0.550. The summed E-state index contributed by atoms with van der Waals surface area (Å²) in [7, 11) is 0. The average Bonchev–Trinajstić information content (AvgIpc) is 2.19. The molecule has 0 spiro atoms. The number of carbonyl (C=O) groups excluding carboxylic acids is 2. The number of esters is 1. The van der Waals surface area contributed by atoms with Crippen molar-refractivity contribution >= 4 is 11.9 Å². The van der Waals surface area contributed by atoms with Gasteiger partial charge in [0.2, 0.25) is 5.91 Å². The Morgan fingerprint density at radius 3 is 1.67 bits per heavy atom. The summed E-state index contributed by atoms with van der Waals surface area (Å²) in [6.45, 7) is 7.31. The Labute approximate surface area is 88.7 Å². The number of primary amides is 1. The Hall–Kier alpha value is -1.66. The fraction of sp³-hybridized carbons (Fsp3) is 0.333. The van der Waals surface area contributed by atoms with Crippen molar-refractivity contribution in [1.82, 2.24) is 0 Å². The predicted octanol–water partition coefficient (Wildman–Crippen LogP) is -0.678. The topological polar surface area (TPSA) is 110 Å². The number of carbonyl (C=O) groups is 2. The Bertz CT molecular complexity index is 189. The van der Waals surface area contributed by atoms with Gasteiger partial charge in [0.15, 0.2) is 0 Å². The molecule has 0 aromatic carbocycles. The molecule has 0 aliphatic heterocycles. The molecule has 0 radical (unpaired) electrons. The second-order valence-electron chi connectivity index (χ2n) is 1.83. The quantitative estimate of drug-likeness (QED) is 0.331. The van der Waals surface area contributed by atoms with Crippen LogP contribution in [0.5, 0.6) is 0 Å². The maximum absolute atomic E-state index is 9.75. The minimum atomic E-state index is -0.481. The first kappa shape index (κ1) is 19.0.